The van der Waals surface area contributed by atoms with E-state index in [1.54, 1.807) is 0 Å². The fourth-order valence-corrected chi connectivity index (χ4v) is 33.2. The minimum absolute atomic E-state index is 0.489. The summed E-state index contributed by atoms with van der Waals surface area (Å²) in [4.78, 5) is 0. The zero-order chi connectivity index (χ0) is 29.5. The predicted octanol–water partition coefficient (Wildman–Crippen LogP) is 6.72. The van der Waals surface area contributed by atoms with E-state index in [1.165, 1.54) is 19.3 Å². The molecule has 1 aliphatic heterocycles. The number of fused-ring (bicyclic) bond motifs is 1. The van der Waals surface area contributed by atoms with Gasteiger partial charge in [-0.2, -0.15) is 0 Å². The fraction of sp³-hybridized carbons (Fsp3) is 1.00. The van der Waals surface area contributed by atoms with Crippen molar-refractivity contribution >= 4 is 51.8 Å². The minimum Gasteiger partial charge on any atom is -0.439 e. The van der Waals surface area contributed by atoms with Crippen molar-refractivity contribution in [2.45, 2.75) is 136 Å². The molecule has 232 valence electrons. The van der Waals surface area contributed by atoms with Crippen molar-refractivity contribution in [2.75, 3.05) is 19.8 Å². The minimum atomic E-state index is -2.82. The van der Waals surface area contributed by atoms with Gasteiger partial charge >= 0.3 is 34.5 Å². The second-order valence-electron chi connectivity index (χ2n) is 13.2. The van der Waals surface area contributed by atoms with Crippen molar-refractivity contribution < 1.29 is 34.5 Å². The molecular weight excluding hydrogens is 597 g/mol. The normalized spacial score (nSPS) is 25.3. The third-order valence-corrected chi connectivity index (χ3v) is 28.4. The first-order chi connectivity index (χ1) is 18.0. The molecule has 0 N–H and O–H groups in total. The maximum atomic E-state index is 7.31. The van der Waals surface area contributed by atoms with E-state index in [1.807, 2.05) is 20.8 Å². The highest BCUT2D eigenvalue weighted by molar-refractivity contribution is 6.90. The Labute approximate surface area is 247 Å². The summed E-state index contributed by atoms with van der Waals surface area (Å²) in [5.74, 6) is 0.678. The molecule has 0 amide bonds. The zero-order valence-corrected chi connectivity index (χ0v) is 33.3. The van der Waals surface area contributed by atoms with Crippen molar-refractivity contribution in [1.82, 2.24) is 0 Å². The van der Waals surface area contributed by atoms with Gasteiger partial charge in [0.05, 0.1) is 12.2 Å². The first-order valence-electron chi connectivity index (χ1n) is 15.3. The van der Waals surface area contributed by atoms with Crippen LogP contribution >= 0.6 is 0 Å². The SMILES string of the molecule is CCO[Si](CC[Si](C)(O[SiH](C)C)O[Si](C)(CCC1CCC2OC2C1)O[Si](C)(C)O[Si](C)(C)C)(OCC)OCC. The quantitative estimate of drug-likeness (QED) is 0.106. The molecule has 1 heterocycles. The third kappa shape index (κ3) is 13.0. The zero-order valence-electron chi connectivity index (χ0n) is 27.1. The van der Waals surface area contributed by atoms with Crippen LogP contribution in [0.15, 0.2) is 0 Å². The summed E-state index contributed by atoms with van der Waals surface area (Å²) >= 11 is 0. The van der Waals surface area contributed by atoms with Crippen molar-refractivity contribution in [3.8, 4) is 0 Å². The Morgan fingerprint density at radius 2 is 1.28 bits per heavy atom. The van der Waals surface area contributed by atoms with Gasteiger partial charge in [-0.15, -0.1) is 0 Å². The molecule has 14 heteroatoms. The summed E-state index contributed by atoms with van der Waals surface area (Å²) in [5, 5.41) is 0. The molecule has 0 aromatic heterocycles. The summed E-state index contributed by atoms with van der Waals surface area (Å²) in [6, 6.07) is 2.43. The van der Waals surface area contributed by atoms with Crippen LogP contribution in [0.3, 0.4) is 0 Å². The van der Waals surface area contributed by atoms with Gasteiger partial charge in [0.25, 0.3) is 0 Å². The van der Waals surface area contributed by atoms with E-state index in [9.17, 15) is 0 Å². The van der Waals surface area contributed by atoms with Gasteiger partial charge in [0.2, 0.25) is 0 Å². The second-order valence-corrected chi connectivity index (χ2v) is 33.9. The van der Waals surface area contributed by atoms with Crippen molar-refractivity contribution in [3.05, 3.63) is 0 Å². The molecule has 1 saturated heterocycles. The molecule has 0 spiro atoms. The largest absolute Gasteiger partial charge is 0.500 e. The lowest BCUT2D eigenvalue weighted by atomic mass is 9.88. The lowest BCUT2D eigenvalue weighted by Crippen LogP contribution is -2.60. The number of epoxide rings is 1. The Bertz CT molecular complexity index is 725. The fourth-order valence-electron chi connectivity index (χ4n) is 6.09. The van der Waals surface area contributed by atoms with E-state index >= 15 is 0 Å². The number of hydrogen-bond donors (Lipinski definition) is 0. The van der Waals surface area contributed by atoms with E-state index in [4.69, 9.17) is 34.5 Å². The van der Waals surface area contributed by atoms with Crippen molar-refractivity contribution in [2.24, 2.45) is 5.92 Å². The molecule has 0 radical (unpaired) electrons. The maximum Gasteiger partial charge on any atom is 0.500 e. The molecule has 5 atom stereocenters. The summed E-state index contributed by atoms with van der Waals surface area (Å²) in [5.41, 5.74) is 0. The standard InChI is InChI=1S/C25H60O8Si6/c1-13-26-39(27-14-2,28-15-3)21-20-37(11,30-34(4)5)33-38(12,32-36(9,10)31-35(6,7)8)19-18-23-16-17-24-25(22-23)29-24/h23-25,34H,13-22H2,1-12H3. The first kappa shape index (κ1) is 36.2. The van der Waals surface area contributed by atoms with E-state index in [0.717, 1.165) is 18.5 Å². The van der Waals surface area contributed by atoms with Crippen LogP contribution in [0.4, 0.5) is 0 Å². The smallest absolute Gasteiger partial charge is 0.439 e. The van der Waals surface area contributed by atoms with E-state index in [-0.39, 0.29) is 0 Å². The second kappa shape index (κ2) is 15.1. The Balaban J connectivity index is 2.28. The molecule has 0 aromatic rings. The van der Waals surface area contributed by atoms with E-state index in [0.29, 0.717) is 44.0 Å². The molecule has 8 nitrogen and oxygen atoms in total. The van der Waals surface area contributed by atoms with Gasteiger partial charge in [-0.05, 0) is 123 Å². The lowest BCUT2D eigenvalue weighted by molar-refractivity contribution is 0.0719. The molecule has 39 heavy (non-hydrogen) atoms. The van der Waals surface area contributed by atoms with Gasteiger partial charge in [-0.1, -0.05) is 0 Å². The molecule has 2 rings (SSSR count). The van der Waals surface area contributed by atoms with Crippen LogP contribution in [-0.2, 0) is 34.5 Å². The van der Waals surface area contributed by atoms with Crippen LogP contribution in [0.2, 0.25) is 77.1 Å². The van der Waals surface area contributed by atoms with E-state index < -0.39 is 51.8 Å². The first-order valence-corrected chi connectivity index (χ1v) is 31.3. The lowest BCUT2D eigenvalue weighted by Gasteiger charge is -2.44. The molecular formula is C25H60O8Si6. The van der Waals surface area contributed by atoms with Crippen molar-refractivity contribution in [1.29, 1.82) is 0 Å². The number of ether oxygens (including phenoxy) is 1. The molecule has 1 saturated carbocycles. The average Bonchev–Trinajstić information content (AvgIpc) is 3.53. The van der Waals surface area contributed by atoms with Crippen LogP contribution in [0.25, 0.3) is 0 Å². The Hall–Kier alpha value is 0.981. The predicted molar refractivity (Wildman–Crippen MR) is 173 cm³/mol. The summed E-state index contributed by atoms with van der Waals surface area (Å²) in [6.45, 7) is 27.8. The number of hydrogen-bond acceptors (Lipinski definition) is 8. The molecule has 2 aliphatic rings. The highest BCUT2D eigenvalue weighted by Crippen LogP contribution is 2.42. The molecule has 2 fully saturated rings. The Morgan fingerprint density at radius 1 is 0.692 bits per heavy atom. The highest BCUT2D eigenvalue weighted by Gasteiger charge is 2.51. The van der Waals surface area contributed by atoms with Crippen LogP contribution in [0.5, 0.6) is 0 Å². The molecule has 0 bridgehead atoms. The number of rotatable bonds is 20. The van der Waals surface area contributed by atoms with Gasteiger partial charge in [-0.25, -0.2) is 0 Å². The van der Waals surface area contributed by atoms with Gasteiger partial charge in [0, 0.05) is 25.9 Å². The topological polar surface area (TPSA) is 77.1 Å². The maximum absolute atomic E-state index is 7.31. The summed E-state index contributed by atoms with van der Waals surface area (Å²) < 4.78 is 52.3. The van der Waals surface area contributed by atoms with Crippen LogP contribution in [0.1, 0.15) is 46.5 Å². The Morgan fingerprint density at radius 3 is 1.77 bits per heavy atom. The third-order valence-electron chi connectivity index (χ3n) is 7.03. The van der Waals surface area contributed by atoms with E-state index in [2.05, 4.69) is 58.9 Å². The van der Waals surface area contributed by atoms with Gasteiger partial charge < -0.3 is 34.5 Å². The molecule has 5 unspecified atom stereocenters. The van der Waals surface area contributed by atoms with Crippen LogP contribution in [-0.4, -0.2) is 83.9 Å². The van der Waals surface area contributed by atoms with Crippen molar-refractivity contribution in [3.63, 3.8) is 0 Å². The molecule has 0 aromatic carbocycles. The average molecular weight is 657 g/mol. The van der Waals surface area contributed by atoms with Crippen LogP contribution in [0, 0.1) is 5.92 Å². The molecule has 1 aliphatic carbocycles. The van der Waals surface area contributed by atoms with Crippen LogP contribution < -0.4 is 0 Å². The van der Waals surface area contributed by atoms with Gasteiger partial charge in [0.1, 0.15) is 0 Å². The van der Waals surface area contributed by atoms with Gasteiger partial charge in [-0.3, -0.25) is 0 Å². The summed E-state index contributed by atoms with van der Waals surface area (Å²) in [7, 11) is -13.7. The monoisotopic (exact) mass is 656 g/mol. The highest BCUT2D eigenvalue weighted by atomic mass is 28.5. The summed E-state index contributed by atoms with van der Waals surface area (Å²) in [6.07, 6.45) is 5.75. The van der Waals surface area contributed by atoms with Gasteiger partial charge in [0.15, 0.2) is 17.4 Å². The Kier molecular flexibility index (Phi) is 14.0.